The molecule has 0 unspecified atom stereocenters. The van der Waals surface area contributed by atoms with Crippen LogP contribution in [-0.2, 0) is 4.79 Å². The van der Waals surface area contributed by atoms with Crippen molar-refractivity contribution >= 4 is 16.9 Å². The van der Waals surface area contributed by atoms with E-state index in [0.29, 0.717) is 45.3 Å². The summed E-state index contributed by atoms with van der Waals surface area (Å²) < 4.78 is 27.1. The minimum atomic E-state index is -0.607. The van der Waals surface area contributed by atoms with E-state index in [9.17, 15) is 9.59 Å². The summed E-state index contributed by atoms with van der Waals surface area (Å²) in [4.78, 5) is 23.4. The van der Waals surface area contributed by atoms with Crippen LogP contribution in [0.1, 0.15) is 0 Å². The first-order valence-electron chi connectivity index (χ1n) is 8.26. The van der Waals surface area contributed by atoms with Gasteiger partial charge >= 0.3 is 0 Å². The summed E-state index contributed by atoms with van der Waals surface area (Å²) in [7, 11) is 4.52. The lowest BCUT2D eigenvalue weighted by molar-refractivity contribution is -0.119. The maximum atomic E-state index is 12.6. The van der Waals surface area contributed by atoms with Crippen LogP contribution >= 0.6 is 0 Å². The number of carbonyl (C=O) groups excluding carboxylic acids is 1. The van der Waals surface area contributed by atoms with Crippen molar-refractivity contribution in [2.24, 2.45) is 5.73 Å². The van der Waals surface area contributed by atoms with Crippen molar-refractivity contribution in [3.63, 3.8) is 0 Å². The van der Waals surface area contributed by atoms with E-state index in [2.05, 4.69) is 0 Å². The highest BCUT2D eigenvalue weighted by molar-refractivity contribution is 5.81. The van der Waals surface area contributed by atoms with E-state index < -0.39 is 5.91 Å². The van der Waals surface area contributed by atoms with E-state index in [1.807, 2.05) is 0 Å². The predicted octanol–water partition coefficient (Wildman–Crippen LogP) is 2.35. The Hall–Kier alpha value is -3.68. The highest BCUT2D eigenvalue weighted by Crippen LogP contribution is 2.41. The first kappa shape index (κ1) is 19.1. The van der Waals surface area contributed by atoms with Crippen LogP contribution in [0.25, 0.3) is 22.3 Å². The van der Waals surface area contributed by atoms with E-state index in [-0.39, 0.29) is 12.0 Å². The fourth-order valence-electron chi connectivity index (χ4n) is 2.75. The number of ether oxygens (including phenoxy) is 4. The number of fused-ring (bicyclic) bond motifs is 1. The van der Waals surface area contributed by atoms with Crippen molar-refractivity contribution in [2.75, 3.05) is 27.9 Å². The number of hydrogen-bond acceptors (Lipinski definition) is 7. The maximum absolute atomic E-state index is 12.6. The standard InChI is InChI=1S/C20H19NO7/c1-24-17-6-11(7-18(25-2)20(17)26-3)16-9-14(22)13-8-12(27-10-19(21)23)4-5-15(13)28-16/h4-9H,10H2,1-3H3,(H2,21,23). The Kier molecular flexibility index (Phi) is 5.39. The number of carbonyl (C=O) groups is 1. The molecular formula is C20H19NO7. The molecule has 3 rings (SSSR count). The zero-order chi connectivity index (χ0) is 20.3. The van der Waals surface area contributed by atoms with Crippen LogP contribution < -0.4 is 30.1 Å². The first-order chi connectivity index (χ1) is 13.5. The molecule has 8 nitrogen and oxygen atoms in total. The average molecular weight is 385 g/mol. The van der Waals surface area contributed by atoms with Crippen LogP contribution in [0, 0.1) is 0 Å². The summed E-state index contributed by atoms with van der Waals surface area (Å²) in [6.07, 6.45) is 0. The first-order valence-corrected chi connectivity index (χ1v) is 8.26. The van der Waals surface area contributed by atoms with Crippen molar-refractivity contribution < 1.29 is 28.2 Å². The van der Waals surface area contributed by atoms with Gasteiger partial charge in [0, 0.05) is 11.6 Å². The molecule has 0 saturated carbocycles. The molecule has 0 aliphatic rings. The molecule has 0 saturated heterocycles. The molecule has 0 aliphatic carbocycles. The highest BCUT2D eigenvalue weighted by Gasteiger charge is 2.16. The summed E-state index contributed by atoms with van der Waals surface area (Å²) in [5.74, 6) is 1.39. The van der Waals surface area contributed by atoms with Crippen molar-refractivity contribution in [2.45, 2.75) is 0 Å². The van der Waals surface area contributed by atoms with Crippen molar-refractivity contribution in [1.29, 1.82) is 0 Å². The number of rotatable bonds is 7. The van der Waals surface area contributed by atoms with Crippen molar-refractivity contribution in [1.82, 2.24) is 0 Å². The summed E-state index contributed by atoms with van der Waals surface area (Å²) in [5.41, 5.74) is 5.74. The summed E-state index contributed by atoms with van der Waals surface area (Å²) in [6.45, 7) is -0.277. The Morgan fingerprint density at radius 2 is 1.68 bits per heavy atom. The minimum Gasteiger partial charge on any atom is -0.493 e. The Labute approximate surface area is 160 Å². The molecule has 0 bridgehead atoms. The van der Waals surface area contributed by atoms with Gasteiger partial charge in [-0.05, 0) is 30.3 Å². The number of hydrogen-bond donors (Lipinski definition) is 1. The molecule has 3 aromatic rings. The molecule has 2 aromatic carbocycles. The van der Waals surface area contributed by atoms with Crippen LogP contribution in [-0.4, -0.2) is 33.8 Å². The molecule has 28 heavy (non-hydrogen) atoms. The molecular weight excluding hydrogens is 366 g/mol. The third kappa shape index (κ3) is 3.71. The van der Waals surface area contributed by atoms with E-state index in [1.165, 1.54) is 33.5 Å². The zero-order valence-electron chi connectivity index (χ0n) is 15.6. The van der Waals surface area contributed by atoms with E-state index in [1.54, 1.807) is 24.3 Å². The Bertz CT molecular complexity index is 1060. The number of nitrogens with two attached hydrogens (primary N) is 1. The van der Waals surface area contributed by atoms with Gasteiger partial charge in [0.25, 0.3) is 5.91 Å². The Balaban J connectivity index is 2.08. The number of amides is 1. The topological polar surface area (TPSA) is 110 Å². The third-order valence-corrected chi connectivity index (χ3v) is 4.03. The molecule has 0 fully saturated rings. The Morgan fingerprint density at radius 3 is 2.25 bits per heavy atom. The number of benzene rings is 2. The van der Waals surface area contributed by atoms with Gasteiger partial charge in [0.15, 0.2) is 23.5 Å². The third-order valence-electron chi connectivity index (χ3n) is 4.03. The fourth-order valence-corrected chi connectivity index (χ4v) is 2.75. The van der Waals surface area contributed by atoms with Gasteiger partial charge in [0.1, 0.15) is 17.1 Å². The largest absolute Gasteiger partial charge is 0.493 e. The molecule has 8 heteroatoms. The molecule has 2 N–H and O–H groups in total. The quantitative estimate of drug-likeness (QED) is 0.665. The average Bonchev–Trinajstić information content (AvgIpc) is 2.70. The van der Waals surface area contributed by atoms with Gasteiger partial charge in [0.05, 0.1) is 26.7 Å². The van der Waals surface area contributed by atoms with Crippen molar-refractivity contribution in [3.05, 3.63) is 46.6 Å². The smallest absolute Gasteiger partial charge is 0.255 e. The van der Waals surface area contributed by atoms with Crippen LogP contribution in [0.2, 0.25) is 0 Å². The van der Waals surface area contributed by atoms with Crippen LogP contribution in [0.15, 0.2) is 45.6 Å². The number of primary amides is 1. The van der Waals surface area contributed by atoms with Gasteiger partial charge < -0.3 is 29.1 Å². The minimum absolute atomic E-state index is 0.269. The maximum Gasteiger partial charge on any atom is 0.255 e. The van der Waals surface area contributed by atoms with Gasteiger partial charge in [-0.25, -0.2) is 0 Å². The lowest BCUT2D eigenvalue weighted by Gasteiger charge is -2.14. The zero-order valence-corrected chi connectivity index (χ0v) is 15.6. The number of methoxy groups -OCH3 is 3. The van der Waals surface area contributed by atoms with Gasteiger partial charge in [0.2, 0.25) is 5.75 Å². The molecule has 0 atom stereocenters. The molecule has 1 aromatic heterocycles. The highest BCUT2D eigenvalue weighted by atomic mass is 16.5. The molecule has 146 valence electrons. The monoisotopic (exact) mass is 385 g/mol. The second-order valence-electron chi connectivity index (χ2n) is 5.80. The van der Waals surface area contributed by atoms with E-state index in [4.69, 9.17) is 29.1 Å². The fraction of sp³-hybridized carbons (Fsp3) is 0.200. The Morgan fingerprint density at radius 1 is 1.00 bits per heavy atom. The lowest BCUT2D eigenvalue weighted by Crippen LogP contribution is -2.20. The summed E-state index contributed by atoms with van der Waals surface area (Å²) in [5, 5.41) is 0.318. The SMILES string of the molecule is COc1cc(-c2cc(=O)c3cc(OCC(N)=O)ccc3o2)cc(OC)c1OC. The van der Waals surface area contributed by atoms with Crippen LogP contribution in [0.3, 0.4) is 0 Å². The molecule has 0 aliphatic heterocycles. The van der Waals surface area contributed by atoms with Crippen molar-refractivity contribution in [3.8, 4) is 34.3 Å². The summed E-state index contributed by atoms with van der Waals surface area (Å²) >= 11 is 0. The normalized spacial score (nSPS) is 10.5. The second kappa shape index (κ2) is 7.91. The lowest BCUT2D eigenvalue weighted by atomic mass is 10.1. The second-order valence-corrected chi connectivity index (χ2v) is 5.80. The molecule has 1 heterocycles. The summed E-state index contributed by atoms with van der Waals surface area (Å²) in [6, 6.07) is 9.43. The predicted molar refractivity (Wildman–Crippen MR) is 102 cm³/mol. The van der Waals surface area contributed by atoms with Gasteiger partial charge in [-0.15, -0.1) is 0 Å². The van der Waals surface area contributed by atoms with Crippen LogP contribution in [0.4, 0.5) is 0 Å². The van der Waals surface area contributed by atoms with E-state index in [0.717, 1.165) is 0 Å². The van der Waals surface area contributed by atoms with Crippen LogP contribution in [0.5, 0.6) is 23.0 Å². The molecule has 0 spiro atoms. The van der Waals surface area contributed by atoms with E-state index >= 15 is 0 Å². The van der Waals surface area contributed by atoms with Gasteiger partial charge in [-0.3, -0.25) is 9.59 Å². The van der Waals surface area contributed by atoms with Gasteiger partial charge in [-0.1, -0.05) is 0 Å². The molecule has 1 amide bonds. The van der Waals surface area contributed by atoms with Gasteiger partial charge in [-0.2, -0.15) is 0 Å². The molecule has 0 radical (unpaired) electrons.